The van der Waals surface area contributed by atoms with E-state index in [1.54, 1.807) is 32.9 Å². The van der Waals surface area contributed by atoms with E-state index in [1.807, 2.05) is 0 Å². The van der Waals surface area contributed by atoms with Crippen LogP contribution in [0, 0.1) is 14.9 Å². The third kappa shape index (κ3) is 6.81. The summed E-state index contributed by atoms with van der Waals surface area (Å²) in [6.45, 7) is 0. The van der Waals surface area contributed by atoms with Crippen LogP contribution in [0.3, 0.4) is 0 Å². The standard InChI is InChI=1S/C38H36P2.2CH3.Rh/c1-5-15-29(16-6-1)33-25-26-34(30-17-7-2-8-18-30)39(33)37-23-13-14-24-38(37)40-35(31-19-9-3-10-20-31)27-28-36(40)32-21-11-4-12-22-32;;;/h1-24,33-36H,25-28H2;2*1H3;/q;2*-1;+3/p+2/t33-,34-,35-,36-;;;/m1.../s1. The van der Waals surface area contributed by atoms with Crippen molar-refractivity contribution in [1.29, 1.82) is 0 Å². The Morgan fingerprint density at radius 2 is 0.535 bits per heavy atom. The Hall–Kier alpha value is -2.42. The van der Waals surface area contributed by atoms with Crippen molar-refractivity contribution >= 4 is 26.5 Å². The Balaban J connectivity index is 0.00000141. The molecule has 2 heterocycles. The van der Waals surface area contributed by atoms with Gasteiger partial charge in [0.25, 0.3) is 0 Å². The van der Waals surface area contributed by atoms with Crippen LogP contribution < -0.4 is 10.6 Å². The smallest absolute Gasteiger partial charge is 0.358 e. The van der Waals surface area contributed by atoms with Crippen LogP contribution >= 0.6 is 15.8 Å². The van der Waals surface area contributed by atoms with E-state index in [0.29, 0.717) is 22.6 Å². The van der Waals surface area contributed by atoms with Gasteiger partial charge < -0.3 is 14.9 Å². The van der Waals surface area contributed by atoms with E-state index < -0.39 is 15.8 Å². The molecular formula is C40H44P2Rh+3. The van der Waals surface area contributed by atoms with E-state index in [2.05, 4.69) is 146 Å². The number of hydrogen-bond acceptors (Lipinski definition) is 0. The van der Waals surface area contributed by atoms with Gasteiger partial charge in [0.2, 0.25) is 0 Å². The first kappa shape index (κ1) is 33.5. The fourth-order valence-electron chi connectivity index (χ4n) is 7.64. The molecule has 0 saturated carbocycles. The van der Waals surface area contributed by atoms with Gasteiger partial charge in [0.05, 0.1) is 38.5 Å². The van der Waals surface area contributed by atoms with Crippen molar-refractivity contribution < 1.29 is 19.5 Å². The van der Waals surface area contributed by atoms with Gasteiger partial charge in [-0.2, -0.15) is 0 Å². The van der Waals surface area contributed by atoms with E-state index in [9.17, 15) is 0 Å². The van der Waals surface area contributed by atoms with Gasteiger partial charge in [0.1, 0.15) is 10.6 Å². The molecule has 220 valence electrons. The molecule has 2 saturated heterocycles. The van der Waals surface area contributed by atoms with Gasteiger partial charge in [0, 0.05) is 0 Å². The third-order valence-electron chi connectivity index (χ3n) is 9.35. The van der Waals surface area contributed by atoms with Crippen molar-refractivity contribution in [2.45, 2.75) is 48.3 Å². The summed E-state index contributed by atoms with van der Waals surface area (Å²) < 4.78 is 0. The molecule has 0 unspecified atom stereocenters. The zero-order chi connectivity index (χ0) is 26.7. The molecule has 2 aliphatic rings. The molecule has 3 heteroatoms. The minimum Gasteiger partial charge on any atom is -0.358 e. The molecule has 2 aliphatic heterocycles. The van der Waals surface area contributed by atoms with Crippen LogP contribution in [-0.4, -0.2) is 0 Å². The summed E-state index contributed by atoms with van der Waals surface area (Å²) in [5, 5.41) is 3.45. The predicted octanol–water partition coefficient (Wildman–Crippen LogP) is 10.8. The summed E-state index contributed by atoms with van der Waals surface area (Å²) in [5.74, 6) is 0. The van der Waals surface area contributed by atoms with Crippen LogP contribution in [0.15, 0.2) is 146 Å². The van der Waals surface area contributed by atoms with E-state index in [-0.39, 0.29) is 34.3 Å². The van der Waals surface area contributed by atoms with Gasteiger partial charge in [0.15, 0.2) is 0 Å². The molecule has 0 radical (unpaired) electrons. The van der Waals surface area contributed by atoms with Gasteiger partial charge in [-0.05, 0) is 60.1 Å². The second kappa shape index (κ2) is 15.5. The van der Waals surface area contributed by atoms with Gasteiger partial charge in [-0.15, -0.1) is 0 Å². The summed E-state index contributed by atoms with van der Waals surface area (Å²) in [6, 6.07) is 55.6. The largest absolute Gasteiger partial charge is 3.00 e. The molecule has 0 amide bonds. The van der Waals surface area contributed by atoms with E-state index in [4.69, 9.17) is 0 Å². The molecule has 0 spiro atoms. The van der Waals surface area contributed by atoms with Crippen molar-refractivity contribution in [2.24, 2.45) is 0 Å². The Morgan fingerprint density at radius 1 is 0.326 bits per heavy atom. The first-order chi connectivity index (χ1) is 19.9. The summed E-state index contributed by atoms with van der Waals surface area (Å²) in [7, 11) is -1.84. The Morgan fingerprint density at radius 3 is 0.767 bits per heavy atom. The maximum Gasteiger partial charge on any atom is 3.00 e. The monoisotopic (exact) mass is 689 g/mol. The zero-order valence-corrected chi connectivity index (χ0v) is 29.0. The van der Waals surface area contributed by atoms with Crippen molar-refractivity contribution in [3.05, 3.63) is 183 Å². The maximum atomic E-state index is 2.56. The van der Waals surface area contributed by atoms with Crippen LogP contribution in [0.5, 0.6) is 0 Å². The average Bonchev–Trinajstić information content (AvgIpc) is 3.68. The van der Waals surface area contributed by atoms with Crippen LogP contribution in [0.2, 0.25) is 0 Å². The first-order valence-electron chi connectivity index (χ1n) is 14.9. The van der Waals surface area contributed by atoms with Crippen LogP contribution in [-0.2, 0) is 19.5 Å². The molecule has 0 bridgehead atoms. The molecule has 4 atom stereocenters. The molecule has 0 aliphatic carbocycles. The van der Waals surface area contributed by atoms with Crippen molar-refractivity contribution in [3.8, 4) is 0 Å². The van der Waals surface area contributed by atoms with Gasteiger partial charge in [-0.3, -0.25) is 0 Å². The van der Waals surface area contributed by atoms with Gasteiger partial charge >= 0.3 is 19.5 Å². The quantitative estimate of drug-likeness (QED) is 0.0946. The topological polar surface area (TPSA) is 0 Å². The molecule has 7 rings (SSSR count). The Bertz CT molecular complexity index is 1310. The van der Waals surface area contributed by atoms with Gasteiger partial charge in [-0.1, -0.05) is 133 Å². The van der Waals surface area contributed by atoms with Crippen LogP contribution in [0.4, 0.5) is 0 Å². The second-order valence-electron chi connectivity index (χ2n) is 11.5. The molecule has 5 aromatic carbocycles. The molecule has 0 N–H and O–H groups in total. The predicted molar refractivity (Wildman–Crippen MR) is 190 cm³/mol. The minimum atomic E-state index is -0.921. The van der Waals surface area contributed by atoms with Gasteiger partial charge in [-0.25, -0.2) is 0 Å². The number of hydrogen-bond donors (Lipinski definition) is 0. The average molecular weight is 690 g/mol. The van der Waals surface area contributed by atoms with E-state index in [1.165, 1.54) is 25.7 Å². The van der Waals surface area contributed by atoms with Crippen LogP contribution in [0.25, 0.3) is 0 Å². The first-order valence-corrected chi connectivity index (χ1v) is 18.2. The molecule has 5 aromatic rings. The second-order valence-corrected chi connectivity index (χ2v) is 17.2. The Labute approximate surface area is 275 Å². The normalized spacial score (nSPS) is 21.8. The fraction of sp³-hybridized carbons (Fsp3) is 0.200. The number of rotatable bonds is 6. The van der Waals surface area contributed by atoms with Crippen molar-refractivity contribution in [1.82, 2.24) is 0 Å². The summed E-state index contributed by atoms with van der Waals surface area (Å²) in [6.07, 6.45) is 5.16. The number of benzene rings is 5. The fourth-order valence-corrected chi connectivity index (χ4v) is 16.5. The van der Waals surface area contributed by atoms with E-state index >= 15 is 0 Å². The van der Waals surface area contributed by atoms with Crippen molar-refractivity contribution in [2.75, 3.05) is 0 Å². The summed E-state index contributed by atoms with van der Waals surface area (Å²) in [4.78, 5) is 0. The zero-order valence-electron chi connectivity index (χ0n) is 25.3. The minimum absolute atomic E-state index is 0. The Kier molecular flexibility index (Phi) is 12.1. The van der Waals surface area contributed by atoms with Crippen molar-refractivity contribution in [3.63, 3.8) is 0 Å². The third-order valence-corrected chi connectivity index (χ3v) is 17.2. The summed E-state index contributed by atoms with van der Waals surface area (Å²) in [5.41, 5.74) is 8.78. The molecule has 2 fully saturated rings. The molecule has 0 nitrogen and oxygen atoms in total. The molecule has 0 aromatic heterocycles. The summed E-state index contributed by atoms with van der Waals surface area (Å²) >= 11 is 0. The van der Waals surface area contributed by atoms with Crippen LogP contribution in [0.1, 0.15) is 70.6 Å². The molecule has 43 heavy (non-hydrogen) atoms. The molecular weight excluding hydrogens is 645 g/mol. The maximum absolute atomic E-state index is 2.56. The SMILES string of the molecule is [CH3-].[CH3-].[Rh+3].c1ccc([C@H]2CC[C@H](c3ccccc3)[PH+]2c2ccccc2[PH+]2[C@@H](c3ccccc3)CC[C@@H]2c2ccccc2)cc1. The van der Waals surface area contributed by atoms with E-state index in [0.717, 1.165) is 0 Å².